The van der Waals surface area contributed by atoms with Crippen molar-refractivity contribution < 1.29 is 4.79 Å². The number of allylic oxidation sites excluding steroid dienone is 2. The van der Waals surface area contributed by atoms with Gasteiger partial charge in [-0.05, 0) is 61.1 Å². The minimum atomic E-state index is 0.0895. The van der Waals surface area contributed by atoms with Crippen LogP contribution >= 0.6 is 0 Å². The maximum absolute atomic E-state index is 13.0. The number of Topliss-reactive ketones (excluding diaryl/α,β-unsaturated/α-hetero) is 1. The van der Waals surface area contributed by atoms with E-state index in [1.807, 2.05) is 0 Å². The topological polar surface area (TPSA) is 35.6 Å². The quantitative estimate of drug-likeness (QED) is 0.345. The standard InChI is InChI=1S/C32H53N3O/c1-8-10-18-34-19-21-35(22-20-34)31-28(26-14-16-27(17-15-26)32(5,6)7)12-11-13-29(31)33-23-30(36)25(4)24(3)9-2/h11-14,24-25,27,33H,8-10,15-23H2,1-7H3. The predicted molar refractivity (Wildman–Crippen MR) is 157 cm³/mol. The van der Waals surface area contributed by atoms with Gasteiger partial charge in [0.15, 0.2) is 5.78 Å². The Bertz CT molecular complexity index is 876. The average Bonchev–Trinajstić information content (AvgIpc) is 2.89. The minimum absolute atomic E-state index is 0.0895. The zero-order valence-corrected chi connectivity index (χ0v) is 24.3. The molecule has 4 nitrogen and oxygen atoms in total. The summed E-state index contributed by atoms with van der Waals surface area (Å²) in [6.07, 6.45) is 9.63. The molecule has 1 fully saturated rings. The molecule has 1 aliphatic heterocycles. The number of para-hydroxylation sites is 1. The Morgan fingerprint density at radius 2 is 1.83 bits per heavy atom. The van der Waals surface area contributed by atoms with Crippen LogP contribution in [0.3, 0.4) is 0 Å². The monoisotopic (exact) mass is 495 g/mol. The van der Waals surface area contributed by atoms with Crippen molar-refractivity contribution in [2.45, 2.75) is 87.0 Å². The highest BCUT2D eigenvalue weighted by molar-refractivity contribution is 5.90. The van der Waals surface area contributed by atoms with Crippen LogP contribution in [0.15, 0.2) is 24.3 Å². The van der Waals surface area contributed by atoms with Crippen LogP contribution in [0.2, 0.25) is 0 Å². The highest BCUT2D eigenvalue weighted by Crippen LogP contribution is 2.43. The lowest BCUT2D eigenvalue weighted by Gasteiger charge is -2.39. The smallest absolute Gasteiger partial charge is 0.154 e. The fourth-order valence-corrected chi connectivity index (χ4v) is 5.74. The SMILES string of the molecule is CCCCN1CCN(c2c(NCC(=O)C(C)C(C)CC)cccc2C2=CCC(C(C)(C)C)CC2)CC1. The number of anilines is 2. The van der Waals surface area contributed by atoms with E-state index in [0.29, 0.717) is 23.7 Å². The van der Waals surface area contributed by atoms with Crippen LogP contribution in [-0.2, 0) is 4.79 Å². The Hall–Kier alpha value is -1.81. The number of benzene rings is 1. The normalized spacial score (nSPS) is 21.1. The van der Waals surface area contributed by atoms with Gasteiger partial charge in [0.2, 0.25) is 0 Å². The molecule has 1 heterocycles. The van der Waals surface area contributed by atoms with Crippen LogP contribution in [-0.4, -0.2) is 50.0 Å². The van der Waals surface area contributed by atoms with Gasteiger partial charge in [-0.2, -0.15) is 0 Å². The number of nitrogens with zero attached hydrogens (tertiary/aromatic N) is 2. The molecule has 3 unspecified atom stereocenters. The zero-order chi connectivity index (χ0) is 26.3. The molecule has 3 atom stereocenters. The number of ketones is 1. The van der Waals surface area contributed by atoms with Crippen molar-refractivity contribution in [3.05, 3.63) is 29.8 Å². The van der Waals surface area contributed by atoms with Gasteiger partial charge >= 0.3 is 0 Å². The van der Waals surface area contributed by atoms with E-state index in [1.165, 1.54) is 42.6 Å². The lowest BCUT2D eigenvalue weighted by Crippen LogP contribution is -2.47. The average molecular weight is 496 g/mol. The predicted octanol–water partition coefficient (Wildman–Crippen LogP) is 7.50. The first kappa shape index (κ1) is 28.8. The van der Waals surface area contributed by atoms with Gasteiger partial charge in [-0.15, -0.1) is 0 Å². The van der Waals surface area contributed by atoms with E-state index in [-0.39, 0.29) is 5.92 Å². The summed E-state index contributed by atoms with van der Waals surface area (Å²) in [4.78, 5) is 18.2. The molecule has 0 saturated carbocycles. The van der Waals surface area contributed by atoms with E-state index in [9.17, 15) is 4.79 Å². The second-order valence-electron chi connectivity index (χ2n) is 12.4. The molecule has 1 aliphatic carbocycles. The van der Waals surface area contributed by atoms with Crippen molar-refractivity contribution >= 4 is 22.7 Å². The first-order valence-corrected chi connectivity index (χ1v) is 14.7. The van der Waals surface area contributed by atoms with E-state index in [4.69, 9.17) is 0 Å². The molecule has 3 rings (SSSR count). The first-order chi connectivity index (χ1) is 17.2. The highest BCUT2D eigenvalue weighted by atomic mass is 16.1. The van der Waals surface area contributed by atoms with Gasteiger partial charge in [-0.25, -0.2) is 0 Å². The van der Waals surface area contributed by atoms with Crippen molar-refractivity contribution in [2.24, 2.45) is 23.2 Å². The first-order valence-electron chi connectivity index (χ1n) is 14.7. The minimum Gasteiger partial charge on any atom is -0.376 e. The Balaban J connectivity index is 1.85. The molecule has 1 saturated heterocycles. The van der Waals surface area contributed by atoms with Crippen LogP contribution in [0, 0.1) is 23.2 Å². The summed E-state index contributed by atoms with van der Waals surface area (Å²) in [5, 5.41) is 3.60. The fraction of sp³-hybridized carbons (Fsp3) is 0.719. The van der Waals surface area contributed by atoms with Gasteiger partial charge in [-0.3, -0.25) is 9.69 Å². The number of carbonyl (C=O) groups is 1. The molecule has 4 heteroatoms. The molecular weight excluding hydrogens is 442 g/mol. The summed E-state index contributed by atoms with van der Waals surface area (Å²) in [7, 11) is 0. The molecule has 202 valence electrons. The third-order valence-corrected chi connectivity index (χ3v) is 8.99. The molecule has 0 bridgehead atoms. The van der Waals surface area contributed by atoms with Crippen LogP contribution in [0.4, 0.5) is 11.4 Å². The van der Waals surface area contributed by atoms with Gasteiger partial charge in [0.25, 0.3) is 0 Å². The zero-order valence-electron chi connectivity index (χ0n) is 24.3. The van der Waals surface area contributed by atoms with E-state index in [1.54, 1.807) is 0 Å². The van der Waals surface area contributed by atoms with Crippen LogP contribution < -0.4 is 10.2 Å². The molecule has 1 aromatic rings. The number of hydrogen-bond acceptors (Lipinski definition) is 4. The Morgan fingerprint density at radius 1 is 1.11 bits per heavy atom. The van der Waals surface area contributed by atoms with Crippen molar-refractivity contribution in [1.82, 2.24) is 4.90 Å². The summed E-state index contributed by atoms with van der Waals surface area (Å²) >= 11 is 0. The number of hydrogen-bond donors (Lipinski definition) is 1. The number of nitrogens with one attached hydrogen (secondary N) is 1. The lowest BCUT2D eigenvalue weighted by molar-refractivity contribution is -0.122. The van der Waals surface area contributed by atoms with E-state index in [0.717, 1.165) is 57.0 Å². The van der Waals surface area contributed by atoms with Gasteiger partial charge in [0, 0.05) is 37.7 Å². The maximum Gasteiger partial charge on any atom is 0.154 e. The van der Waals surface area contributed by atoms with Crippen molar-refractivity contribution in [2.75, 3.05) is 49.5 Å². The summed E-state index contributed by atoms with van der Waals surface area (Å²) in [6.45, 7) is 21.8. The van der Waals surface area contributed by atoms with Crippen LogP contribution in [0.25, 0.3) is 5.57 Å². The molecule has 1 aromatic carbocycles. The maximum atomic E-state index is 13.0. The molecule has 0 amide bonds. The largest absolute Gasteiger partial charge is 0.376 e. The third kappa shape index (κ3) is 7.37. The molecule has 0 aromatic heterocycles. The second kappa shape index (κ2) is 13.1. The van der Waals surface area contributed by atoms with E-state index < -0.39 is 0 Å². The number of carbonyl (C=O) groups excluding carboxylic acids is 1. The molecule has 36 heavy (non-hydrogen) atoms. The molecule has 1 N–H and O–H groups in total. The summed E-state index contributed by atoms with van der Waals surface area (Å²) in [5.41, 5.74) is 5.66. The number of rotatable bonds is 11. The van der Waals surface area contributed by atoms with Crippen molar-refractivity contribution in [3.8, 4) is 0 Å². The summed E-state index contributed by atoms with van der Waals surface area (Å²) in [5.74, 6) is 1.57. The van der Waals surface area contributed by atoms with E-state index in [2.05, 4.69) is 87.9 Å². The van der Waals surface area contributed by atoms with Gasteiger partial charge in [0.05, 0.1) is 17.9 Å². The fourth-order valence-electron chi connectivity index (χ4n) is 5.74. The van der Waals surface area contributed by atoms with Crippen molar-refractivity contribution in [3.63, 3.8) is 0 Å². The molecule has 0 spiro atoms. The summed E-state index contributed by atoms with van der Waals surface area (Å²) < 4.78 is 0. The van der Waals surface area contributed by atoms with Crippen LogP contribution in [0.1, 0.15) is 92.6 Å². The second-order valence-corrected chi connectivity index (χ2v) is 12.4. The lowest BCUT2D eigenvalue weighted by atomic mass is 9.72. The molecule has 0 radical (unpaired) electrons. The Morgan fingerprint density at radius 3 is 2.42 bits per heavy atom. The van der Waals surface area contributed by atoms with Crippen LogP contribution in [0.5, 0.6) is 0 Å². The highest BCUT2D eigenvalue weighted by Gasteiger charge is 2.29. The van der Waals surface area contributed by atoms with E-state index >= 15 is 0 Å². The Labute approximate surface area is 221 Å². The van der Waals surface area contributed by atoms with Crippen molar-refractivity contribution in [1.29, 1.82) is 0 Å². The summed E-state index contributed by atoms with van der Waals surface area (Å²) in [6, 6.07) is 6.68. The third-order valence-electron chi connectivity index (χ3n) is 8.99. The van der Waals surface area contributed by atoms with Gasteiger partial charge in [-0.1, -0.05) is 79.5 Å². The van der Waals surface area contributed by atoms with Gasteiger partial charge < -0.3 is 10.2 Å². The molecular formula is C32H53N3O. The van der Waals surface area contributed by atoms with Gasteiger partial charge in [0.1, 0.15) is 0 Å². The number of piperazine rings is 1. The molecule has 2 aliphatic rings. The number of unbranched alkanes of at least 4 members (excludes halogenated alkanes) is 1. The Kier molecular flexibility index (Phi) is 10.5.